The summed E-state index contributed by atoms with van der Waals surface area (Å²) in [5.74, 6) is 2.09. The summed E-state index contributed by atoms with van der Waals surface area (Å²) in [5.41, 5.74) is 2.68. The van der Waals surface area contributed by atoms with Gasteiger partial charge in [0, 0.05) is 19.6 Å². The van der Waals surface area contributed by atoms with Crippen LogP contribution in [0.2, 0.25) is 0 Å². The summed E-state index contributed by atoms with van der Waals surface area (Å²) in [7, 11) is 0. The molecule has 4 heteroatoms. The van der Waals surface area contributed by atoms with Crippen LogP contribution >= 0.6 is 0 Å². The minimum atomic E-state index is -0.504. The highest BCUT2D eigenvalue weighted by molar-refractivity contribution is 5.26. The maximum atomic E-state index is 10.3. The van der Waals surface area contributed by atoms with Crippen molar-refractivity contribution >= 4 is 0 Å². The first-order valence-corrected chi connectivity index (χ1v) is 12.4. The first-order valence-electron chi connectivity index (χ1n) is 12.4. The van der Waals surface area contributed by atoms with Crippen LogP contribution in [0.5, 0.6) is 0 Å². The van der Waals surface area contributed by atoms with E-state index < -0.39 is 17.8 Å². The van der Waals surface area contributed by atoms with Crippen molar-refractivity contribution in [1.29, 1.82) is 0 Å². The number of rotatable bonds is 4. The molecule has 1 aliphatic heterocycles. The molecule has 4 aliphatic rings. The quantitative estimate of drug-likeness (QED) is 0.646. The van der Waals surface area contributed by atoms with Gasteiger partial charge in [0.1, 0.15) is 0 Å². The summed E-state index contributed by atoms with van der Waals surface area (Å²) in [6, 6.07) is 0. The van der Waals surface area contributed by atoms with Crippen LogP contribution < -0.4 is 0 Å². The van der Waals surface area contributed by atoms with Gasteiger partial charge >= 0.3 is 0 Å². The highest BCUT2D eigenvalue weighted by Crippen LogP contribution is 2.59. The molecule has 30 heavy (non-hydrogen) atoms. The standard InChI is InChI=1S/C26H43NO3/c1-18(16-27-12-11-25(2,30)17-27)23-8-9-24-20(5-4-10-26(23,24)3)7-6-19-13-21(28)15-22(29)14-19/h6-7,18,21-24,28-30H,4-5,8-17H2,1-3H3/b19-6?,20-7+/t18-,21-,22+,23-,24+,25+,26-/m1/s1. The molecule has 3 saturated carbocycles. The minimum Gasteiger partial charge on any atom is -0.393 e. The second-order valence-electron chi connectivity index (χ2n) is 11.6. The Kier molecular flexibility index (Phi) is 6.52. The summed E-state index contributed by atoms with van der Waals surface area (Å²) in [6.45, 7) is 9.92. The number of fused-ring (bicyclic) bond motifs is 1. The molecule has 1 heterocycles. The summed E-state index contributed by atoms with van der Waals surface area (Å²) in [5, 5.41) is 30.3. The van der Waals surface area contributed by atoms with E-state index in [0.717, 1.165) is 32.0 Å². The third-order valence-corrected chi connectivity index (χ3v) is 8.87. The molecule has 0 bridgehead atoms. The van der Waals surface area contributed by atoms with E-state index in [1.54, 1.807) is 5.57 Å². The lowest BCUT2D eigenvalue weighted by Gasteiger charge is -2.45. The highest BCUT2D eigenvalue weighted by atomic mass is 16.3. The van der Waals surface area contributed by atoms with Crippen molar-refractivity contribution < 1.29 is 15.3 Å². The molecule has 4 nitrogen and oxygen atoms in total. The largest absolute Gasteiger partial charge is 0.393 e. The lowest BCUT2D eigenvalue weighted by Crippen LogP contribution is -2.40. The highest BCUT2D eigenvalue weighted by Gasteiger charge is 2.51. The monoisotopic (exact) mass is 417 g/mol. The molecule has 3 aliphatic carbocycles. The zero-order chi connectivity index (χ0) is 21.5. The van der Waals surface area contributed by atoms with E-state index in [0.29, 0.717) is 36.5 Å². The number of nitrogens with zero attached hydrogens (tertiary/aromatic N) is 1. The normalized spacial score (nSPS) is 46.5. The number of hydrogen-bond donors (Lipinski definition) is 3. The van der Waals surface area contributed by atoms with Gasteiger partial charge in [0.05, 0.1) is 17.8 Å². The van der Waals surface area contributed by atoms with Gasteiger partial charge in [-0.15, -0.1) is 0 Å². The molecule has 0 radical (unpaired) electrons. The lowest BCUT2D eigenvalue weighted by atomic mass is 9.61. The predicted octanol–water partition coefficient (Wildman–Crippen LogP) is 4.05. The SMILES string of the molecule is C[C@H](CN1CC[C@](C)(O)C1)[C@H]1CC[C@H]2/C(=C/C=C3C[C@@H](O)C[C@@H](O)C3)CCC[C@]12C. The molecule has 1 saturated heterocycles. The van der Waals surface area contributed by atoms with E-state index in [1.165, 1.54) is 37.7 Å². The van der Waals surface area contributed by atoms with E-state index >= 15 is 0 Å². The average molecular weight is 418 g/mol. The number of β-amino-alcohol motifs (C(OH)–C–C–N with tert-alkyl or cyclic N) is 1. The first-order chi connectivity index (χ1) is 14.2. The Labute approximate surface area is 183 Å². The van der Waals surface area contributed by atoms with Gasteiger partial charge in [0.15, 0.2) is 0 Å². The molecule has 0 spiro atoms. The van der Waals surface area contributed by atoms with Crippen molar-refractivity contribution in [2.45, 2.75) is 96.4 Å². The molecule has 4 fully saturated rings. The second-order valence-corrected chi connectivity index (χ2v) is 11.6. The maximum Gasteiger partial charge on any atom is 0.0758 e. The van der Waals surface area contributed by atoms with Crippen molar-refractivity contribution in [1.82, 2.24) is 4.90 Å². The number of aliphatic hydroxyl groups excluding tert-OH is 2. The zero-order valence-electron chi connectivity index (χ0n) is 19.3. The van der Waals surface area contributed by atoms with Crippen molar-refractivity contribution in [3.05, 3.63) is 23.3 Å². The van der Waals surface area contributed by atoms with Gasteiger partial charge in [0.2, 0.25) is 0 Å². The van der Waals surface area contributed by atoms with Crippen LogP contribution in [0.25, 0.3) is 0 Å². The number of aliphatic hydroxyl groups is 3. The van der Waals surface area contributed by atoms with Gasteiger partial charge in [-0.05, 0) is 87.9 Å². The van der Waals surface area contributed by atoms with Gasteiger partial charge in [0.25, 0.3) is 0 Å². The number of likely N-dealkylation sites (tertiary alicyclic amines) is 1. The zero-order valence-corrected chi connectivity index (χ0v) is 19.3. The lowest BCUT2D eigenvalue weighted by molar-refractivity contribution is 0.0547. The summed E-state index contributed by atoms with van der Waals surface area (Å²) in [6.07, 6.45) is 13.0. The van der Waals surface area contributed by atoms with Gasteiger partial charge in [-0.1, -0.05) is 37.1 Å². The van der Waals surface area contributed by atoms with E-state index in [-0.39, 0.29) is 0 Å². The Bertz CT molecular complexity index is 672. The molecule has 4 rings (SSSR count). The van der Waals surface area contributed by atoms with Gasteiger partial charge in [-0.25, -0.2) is 0 Å². The van der Waals surface area contributed by atoms with Gasteiger partial charge in [-0.3, -0.25) is 0 Å². The molecule has 0 aromatic rings. The number of allylic oxidation sites excluding steroid dienone is 3. The third kappa shape index (κ3) is 4.72. The topological polar surface area (TPSA) is 63.9 Å². The summed E-state index contributed by atoms with van der Waals surface area (Å²) in [4.78, 5) is 2.48. The van der Waals surface area contributed by atoms with Crippen LogP contribution in [0.3, 0.4) is 0 Å². The van der Waals surface area contributed by atoms with Crippen LogP contribution in [-0.4, -0.2) is 57.7 Å². The van der Waals surface area contributed by atoms with Gasteiger partial charge in [-0.2, -0.15) is 0 Å². The van der Waals surface area contributed by atoms with Crippen LogP contribution in [0, 0.1) is 23.2 Å². The Morgan fingerprint density at radius 2 is 1.83 bits per heavy atom. The van der Waals surface area contributed by atoms with Crippen molar-refractivity contribution in [3.8, 4) is 0 Å². The first kappa shape index (κ1) is 22.5. The minimum absolute atomic E-state index is 0.385. The average Bonchev–Trinajstić information content (AvgIpc) is 3.18. The Morgan fingerprint density at radius 1 is 1.10 bits per heavy atom. The molecule has 170 valence electrons. The van der Waals surface area contributed by atoms with Crippen molar-refractivity contribution in [3.63, 3.8) is 0 Å². The predicted molar refractivity (Wildman–Crippen MR) is 121 cm³/mol. The Morgan fingerprint density at radius 3 is 2.50 bits per heavy atom. The molecular weight excluding hydrogens is 374 g/mol. The van der Waals surface area contributed by atoms with Crippen LogP contribution in [0.15, 0.2) is 23.3 Å². The molecule has 3 N–H and O–H groups in total. The Hall–Kier alpha value is -0.680. The van der Waals surface area contributed by atoms with Crippen LogP contribution in [-0.2, 0) is 0 Å². The molecular formula is C26H43NO3. The molecule has 0 unspecified atom stereocenters. The van der Waals surface area contributed by atoms with Crippen LogP contribution in [0.4, 0.5) is 0 Å². The van der Waals surface area contributed by atoms with Gasteiger partial charge < -0.3 is 20.2 Å². The van der Waals surface area contributed by atoms with Crippen molar-refractivity contribution in [2.75, 3.05) is 19.6 Å². The fourth-order valence-corrected chi connectivity index (χ4v) is 7.47. The molecule has 7 atom stereocenters. The Balaban J connectivity index is 1.44. The van der Waals surface area contributed by atoms with E-state index in [4.69, 9.17) is 0 Å². The molecule has 0 aromatic carbocycles. The molecule has 0 amide bonds. The third-order valence-electron chi connectivity index (χ3n) is 8.87. The smallest absolute Gasteiger partial charge is 0.0758 e. The fourth-order valence-electron chi connectivity index (χ4n) is 7.47. The van der Waals surface area contributed by atoms with Crippen molar-refractivity contribution in [2.24, 2.45) is 23.2 Å². The van der Waals surface area contributed by atoms with Crippen LogP contribution in [0.1, 0.15) is 78.6 Å². The van der Waals surface area contributed by atoms with E-state index in [2.05, 4.69) is 30.9 Å². The van der Waals surface area contributed by atoms with E-state index in [1.807, 2.05) is 6.92 Å². The number of hydrogen-bond acceptors (Lipinski definition) is 4. The maximum absolute atomic E-state index is 10.3. The molecule has 0 aromatic heterocycles. The van der Waals surface area contributed by atoms with E-state index in [9.17, 15) is 15.3 Å². The summed E-state index contributed by atoms with van der Waals surface area (Å²) < 4.78 is 0. The summed E-state index contributed by atoms with van der Waals surface area (Å²) >= 11 is 0. The second kappa shape index (κ2) is 8.69. The fraction of sp³-hybridized carbons (Fsp3) is 0.846.